The number of anilines is 3. The van der Waals surface area contributed by atoms with Gasteiger partial charge in [-0.15, -0.1) is 0 Å². The maximum atomic E-state index is 5.87. The van der Waals surface area contributed by atoms with E-state index in [-0.39, 0.29) is 5.95 Å². The number of rotatable bonds is 3. The smallest absolute Gasteiger partial charge is 0.221 e. The van der Waals surface area contributed by atoms with E-state index in [0.29, 0.717) is 11.0 Å². The Morgan fingerprint density at radius 3 is 2.33 bits per heavy atom. The van der Waals surface area contributed by atoms with Crippen LogP contribution in [0.2, 0.25) is 5.15 Å². The second kappa shape index (κ2) is 6.45. The Labute approximate surface area is 145 Å². The quantitative estimate of drug-likeness (QED) is 0.690. The third-order valence-electron chi connectivity index (χ3n) is 3.77. The van der Waals surface area contributed by atoms with Crippen LogP contribution in [0.3, 0.4) is 0 Å². The van der Waals surface area contributed by atoms with Crippen LogP contribution in [0.15, 0.2) is 36.7 Å². The highest BCUT2D eigenvalue weighted by molar-refractivity contribution is 6.29. The predicted molar refractivity (Wildman–Crippen MR) is 98.6 cm³/mol. The van der Waals surface area contributed by atoms with Gasteiger partial charge in [0.05, 0.1) is 0 Å². The number of hydrogen-bond donors (Lipinski definition) is 2. The molecule has 0 amide bonds. The number of aromatic nitrogens is 3. The van der Waals surface area contributed by atoms with Crippen LogP contribution < -0.4 is 11.1 Å². The first-order chi connectivity index (χ1) is 11.4. The summed E-state index contributed by atoms with van der Waals surface area (Å²) in [5, 5.41) is 3.84. The summed E-state index contributed by atoms with van der Waals surface area (Å²) in [7, 11) is 0. The van der Waals surface area contributed by atoms with Crippen molar-refractivity contribution in [2.24, 2.45) is 0 Å². The topological polar surface area (TPSA) is 76.7 Å². The molecule has 5 nitrogen and oxygen atoms in total. The van der Waals surface area contributed by atoms with E-state index in [1.165, 1.54) is 5.56 Å². The zero-order chi connectivity index (χ0) is 17.3. The Kier molecular flexibility index (Phi) is 4.36. The van der Waals surface area contributed by atoms with Crippen molar-refractivity contribution in [3.63, 3.8) is 0 Å². The molecule has 0 spiro atoms. The van der Waals surface area contributed by atoms with Gasteiger partial charge in [0.15, 0.2) is 0 Å². The number of nitrogens with two attached hydrogens (primary N) is 1. The average Bonchev–Trinajstić information content (AvgIpc) is 2.52. The number of hydrogen-bond acceptors (Lipinski definition) is 5. The van der Waals surface area contributed by atoms with Crippen LogP contribution in [0, 0.1) is 20.8 Å². The van der Waals surface area contributed by atoms with Crippen molar-refractivity contribution in [3.05, 3.63) is 58.5 Å². The summed E-state index contributed by atoms with van der Waals surface area (Å²) in [6.07, 6.45) is 3.38. The molecule has 0 radical (unpaired) electrons. The maximum Gasteiger partial charge on any atom is 0.221 e. The third-order valence-corrected chi connectivity index (χ3v) is 3.99. The Hall–Kier alpha value is -2.66. The van der Waals surface area contributed by atoms with Crippen molar-refractivity contribution < 1.29 is 0 Å². The van der Waals surface area contributed by atoms with Gasteiger partial charge >= 0.3 is 0 Å². The van der Waals surface area contributed by atoms with E-state index < -0.39 is 0 Å². The van der Waals surface area contributed by atoms with Crippen LogP contribution in [0.1, 0.15) is 16.7 Å². The fraction of sp³-hybridized carbons (Fsp3) is 0.167. The van der Waals surface area contributed by atoms with Crippen molar-refractivity contribution in [3.8, 4) is 11.1 Å². The van der Waals surface area contributed by atoms with Crippen molar-refractivity contribution in [1.29, 1.82) is 0 Å². The first-order valence-electron chi connectivity index (χ1n) is 7.53. The summed E-state index contributed by atoms with van der Waals surface area (Å²) in [6.45, 7) is 6.21. The Bertz CT molecular complexity index is 867. The highest BCUT2D eigenvalue weighted by Gasteiger charge is 2.12. The lowest BCUT2D eigenvalue weighted by Crippen LogP contribution is -2.04. The molecule has 3 aromatic rings. The molecule has 0 aliphatic rings. The number of nitrogens with zero attached hydrogens (tertiary/aromatic N) is 3. The third kappa shape index (κ3) is 3.31. The van der Waals surface area contributed by atoms with Gasteiger partial charge in [0, 0.05) is 29.2 Å². The molecule has 2 heterocycles. The standard InChI is InChI=1S/C18H18ClN5/c1-10-6-11(2)16(12(3)7-10)23-17-14(9-22-18(20)24-17)13-4-5-15(19)21-8-13/h4-9H,1-3H3,(H3,20,22,23,24). The zero-order valence-electron chi connectivity index (χ0n) is 13.8. The normalized spacial score (nSPS) is 10.7. The molecule has 0 aliphatic carbocycles. The summed E-state index contributed by atoms with van der Waals surface area (Å²) >= 11 is 5.87. The Morgan fingerprint density at radius 2 is 1.71 bits per heavy atom. The predicted octanol–water partition coefficient (Wildman–Crippen LogP) is 4.44. The van der Waals surface area contributed by atoms with Crippen LogP contribution >= 0.6 is 11.6 Å². The first-order valence-corrected chi connectivity index (χ1v) is 7.91. The highest BCUT2D eigenvalue weighted by Crippen LogP contribution is 2.31. The van der Waals surface area contributed by atoms with Gasteiger partial charge in [0.1, 0.15) is 11.0 Å². The van der Waals surface area contributed by atoms with E-state index in [4.69, 9.17) is 17.3 Å². The molecular formula is C18H18ClN5. The monoisotopic (exact) mass is 339 g/mol. The minimum Gasteiger partial charge on any atom is -0.368 e. The lowest BCUT2D eigenvalue weighted by molar-refractivity contribution is 1.17. The molecule has 0 bridgehead atoms. The highest BCUT2D eigenvalue weighted by atomic mass is 35.5. The van der Waals surface area contributed by atoms with Crippen LogP contribution in [-0.2, 0) is 0 Å². The molecular weight excluding hydrogens is 322 g/mol. The second-order valence-corrected chi connectivity index (χ2v) is 6.15. The van der Waals surface area contributed by atoms with Gasteiger partial charge in [-0.05, 0) is 44.0 Å². The van der Waals surface area contributed by atoms with Gasteiger partial charge in [0.2, 0.25) is 5.95 Å². The van der Waals surface area contributed by atoms with Gasteiger partial charge in [-0.1, -0.05) is 29.3 Å². The van der Waals surface area contributed by atoms with Crippen molar-refractivity contribution in [2.75, 3.05) is 11.1 Å². The fourth-order valence-corrected chi connectivity index (χ4v) is 2.84. The molecule has 0 aliphatic heterocycles. The van der Waals surface area contributed by atoms with Gasteiger partial charge in [-0.3, -0.25) is 0 Å². The summed E-state index contributed by atoms with van der Waals surface area (Å²) in [5.41, 5.74) is 12.0. The minimum atomic E-state index is 0.214. The molecule has 3 rings (SSSR count). The first kappa shape index (κ1) is 16.2. The SMILES string of the molecule is Cc1cc(C)c(Nc2nc(N)ncc2-c2ccc(Cl)nc2)c(C)c1. The molecule has 0 unspecified atom stereocenters. The van der Waals surface area contributed by atoms with E-state index in [1.807, 2.05) is 6.07 Å². The van der Waals surface area contributed by atoms with Crippen molar-refractivity contribution in [1.82, 2.24) is 15.0 Å². The molecule has 2 aromatic heterocycles. The second-order valence-electron chi connectivity index (χ2n) is 5.76. The van der Waals surface area contributed by atoms with Crippen LogP contribution in [0.25, 0.3) is 11.1 Å². The Morgan fingerprint density at radius 1 is 1.00 bits per heavy atom. The minimum absolute atomic E-state index is 0.214. The van der Waals surface area contributed by atoms with Crippen LogP contribution in [0.4, 0.5) is 17.5 Å². The van der Waals surface area contributed by atoms with Crippen molar-refractivity contribution >= 4 is 29.1 Å². The summed E-state index contributed by atoms with van der Waals surface area (Å²) in [4.78, 5) is 12.6. The fourth-order valence-electron chi connectivity index (χ4n) is 2.73. The summed E-state index contributed by atoms with van der Waals surface area (Å²) < 4.78 is 0. The van der Waals surface area contributed by atoms with E-state index >= 15 is 0 Å². The summed E-state index contributed by atoms with van der Waals surface area (Å²) in [6, 6.07) is 7.87. The molecule has 0 saturated carbocycles. The number of pyridine rings is 1. The van der Waals surface area contributed by atoms with E-state index in [1.54, 1.807) is 18.5 Å². The zero-order valence-corrected chi connectivity index (χ0v) is 14.5. The molecule has 24 heavy (non-hydrogen) atoms. The van der Waals surface area contributed by atoms with E-state index in [2.05, 4.69) is 53.2 Å². The lowest BCUT2D eigenvalue weighted by Gasteiger charge is -2.16. The number of aryl methyl sites for hydroxylation is 3. The number of halogens is 1. The number of nitrogen functional groups attached to an aromatic ring is 1. The lowest BCUT2D eigenvalue weighted by atomic mass is 10.0. The largest absolute Gasteiger partial charge is 0.368 e. The molecule has 3 N–H and O–H groups in total. The van der Waals surface area contributed by atoms with Gasteiger partial charge in [-0.25, -0.2) is 9.97 Å². The molecule has 0 fully saturated rings. The molecule has 1 aromatic carbocycles. The molecule has 6 heteroatoms. The van der Waals surface area contributed by atoms with E-state index in [9.17, 15) is 0 Å². The van der Waals surface area contributed by atoms with Gasteiger partial charge in [0.25, 0.3) is 0 Å². The number of benzene rings is 1. The number of nitrogens with one attached hydrogen (secondary N) is 1. The summed E-state index contributed by atoms with van der Waals surface area (Å²) in [5.74, 6) is 0.854. The maximum absolute atomic E-state index is 5.87. The molecule has 0 atom stereocenters. The van der Waals surface area contributed by atoms with Crippen molar-refractivity contribution in [2.45, 2.75) is 20.8 Å². The van der Waals surface area contributed by atoms with E-state index in [0.717, 1.165) is 27.9 Å². The molecule has 122 valence electrons. The Balaban J connectivity index is 2.08. The van der Waals surface area contributed by atoms with Gasteiger partial charge in [-0.2, -0.15) is 4.98 Å². The van der Waals surface area contributed by atoms with Crippen LogP contribution in [0.5, 0.6) is 0 Å². The molecule has 0 saturated heterocycles. The average molecular weight is 340 g/mol. The van der Waals surface area contributed by atoms with Gasteiger partial charge < -0.3 is 11.1 Å². The van der Waals surface area contributed by atoms with Crippen LogP contribution in [-0.4, -0.2) is 15.0 Å².